The largest absolute Gasteiger partial charge is 0.451 e. The zero-order chi connectivity index (χ0) is 14.8. The number of primary amides is 2. The number of hydrogen-bond donors (Lipinski definition) is 4. The topological polar surface area (TPSA) is 165 Å². The predicted octanol–water partition coefficient (Wildman–Crippen LogP) is -1.89. The molecule has 0 heterocycles. The first-order valence-electron chi connectivity index (χ1n) is 6.12. The molecule has 0 rings (SSSR count). The molecule has 0 spiro atoms. The van der Waals surface area contributed by atoms with Crippen LogP contribution in [0.4, 0.5) is 0 Å². The first kappa shape index (κ1) is 17.3. The molecule has 8 nitrogen and oxygen atoms in total. The van der Waals surface area contributed by atoms with Crippen LogP contribution in [-0.2, 0) is 19.1 Å². The van der Waals surface area contributed by atoms with Gasteiger partial charge in [-0.15, -0.1) is 0 Å². The van der Waals surface area contributed by atoms with Gasteiger partial charge in [-0.3, -0.25) is 14.4 Å². The van der Waals surface area contributed by atoms with E-state index in [0.29, 0.717) is 19.4 Å². The van der Waals surface area contributed by atoms with Crippen LogP contribution in [0.1, 0.15) is 32.1 Å². The van der Waals surface area contributed by atoms with E-state index >= 15 is 0 Å². The molecule has 2 atom stereocenters. The van der Waals surface area contributed by atoms with Gasteiger partial charge in [0, 0.05) is 12.8 Å². The summed E-state index contributed by atoms with van der Waals surface area (Å²) in [6.45, 7) is 0.518. The quantitative estimate of drug-likeness (QED) is 0.268. The van der Waals surface area contributed by atoms with Crippen molar-refractivity contribution in [3.8, 4) is 0 Å². The van der Waals surface area contributed by atoms with Crippen LogP contribution in [0.25, 0.3) is 0 Å². The maximum Gasteiger partial charge on any atom is 0.323 e. The van der Waals surface area contributed by atoms with Crippen molar-refractivity contribution in [2.24, 2.45) is 22.9 Å². The molecule has 19 heavy (non-hydrogen) atoms. The first-order chi connectivity index (χ1) is 8.88. The lowest BCUT2D eigenvalue weighted by Gasteiger charge is -2.17. The molecule has 0 aliphatic rings. The van der Waals surface area contributed by atoms with Crippen LogP contribution >= 0.6 is 0 Å². The van der Waals surface area contributed by atoms with E-state index in [1.54, 1.807) is 0 Å². The third-order valence-electron chi connectivity index (χ3n) is 2.50. The third-order valence-corrected chi connectivity index (χ3v) is 2.50. The molecular formula is C11H22N4O4. The van der Waals surface area contributed by atoms with E-state index in [4.69, 9.17) is 27.7 Å². The molecule has 8 heteroatoms. The fourth-order valence-corrected chi connectivity index (χ4v) is 1.39. The summed E-state index contributed by atoms with van der Waals surface area (Å²) in [6.07, 6.45) is 0.546. The minimum Gasteiger partial charge on any atom is -0.451 e. The maximum atomic E-state index is 11.6. The van der Waals surface area contributed by atoms with E-state index in [0.717, 1.165) is 6.42 Å². The molecule has 0 radical (unpaired) electrons. The number of rotatable bonds is 10. The van der Waals surface area contributed by atoms with Crippen molar-refractivity contribution in [3.63, 3.8) is 0 Å². The summed E-state index contributed by atoms with van der Waals surface area (Å²) in [5.74, 6) is -2.15. The van der Waals surface area contributed by atoms with Gasteiger partial charge in [0.05, 0.1) is 0 Å². The summed E-state index contributed by atoms with van der Waals surface area (Å²) in [4.78, 5) is 33.3. The Morgan fingerprint density at radius 3 is 2.16 bits per heavy atom. The molecule has 110 valence electrons. The zero-order valence-corrected chi connectivity index (χ0v) is 10.8. The highest BCUT2D eigenvalue weighted by Crippen LogP contribution is 2.06. The molecule has 2 unspecified atom stereocenters. The van der Waals surface area contributed by atoms with Gasteiger partial charge in [0.15, 0.2) is 6.10 Å². The lowest BCUT2D eigenvalue weighted by atomic mass is 10.1. The van der Waals surface area contributed by atoms with Gasteiger partial charge >= 0.3 is 5.97 Å². The normalized spacial score (nSPS) is 13.6. The summed E-state index contributed by atoms with van der Waals surface area (Å²) in [5.41, 5.74) is 20.9. The van der Waals surface area contributed by atoms with Gasteiger partial charge in [-0.05, 0) is 19.4 Å². The van der Waals surface area contributed by atoms with Crippen LogP contribution in [0.2, 0.25) is 0 Å². The van der Waals surface area contributed by atoms with Crippen molar-refractivity contribution in [2.45, 2.75) is 44.2 Å². The molecule has 0 bridgehead atoms. The van der Waals surface area contributed by atoms with Crippen molar-refractivity contribution in [1.82, 2.24) is 0 Å². The number of hydrogen-bond acceptors (Lipinski definition) is 6. The molecule has 2 amide bonds. The second-order valence-corrected chi connectivity index (χ2v) is 4.22. The van der Waals surface area contributed by atoms with Crippen LogP contribution in [0.15, 0.2) is 0 Å². The van der Waals surface area contributed by atoms with E-state index in [9.17, 15) is 14.4 Å². The fourth-order valence-electron chi connectivity index (χ4n) is 1.39. The Balaban J connectivity index is 4.22. The number of esters is 1. The number of carbonyl (C=O) groups is 3. The molecule has 0 aliphatic carbocycles. The summed E-state index contributed by atoms with van der Waals surface area (Å²) in [6, 6.07) is -0.832. The highest BCUT2D eigenvalue weighted by molar-refractivity contribution is 5.84. The summed E-state index contributed by atoms with van der Waals surface area (Å²) >= 11 is 0. The Morgan fingerprint density at radius 1 is 1.05 bits per heavy atom. The minimum absolute atomic E-state index is 0.0358. The predicted molar refractivity (Wildman–Crippen MR) is 68.4 cm³/mol. The molecule has 0 aromatic heterocycles. The SMILES string of the molecule is NCCCCC(N)C(=O)OC(CCC(N)=O)C(N)=O. The van der Waals surface area contributed by atoms with Gasteiger partial charge in [0.2, 0.25) is 5.91 Å². The van der Waals surface area contributed by atoms with Gasteiger partial charge in [-0.25, -0.2) is 0 Å². The van der Waals surface area contributed by atoms with Gasteiger partial charge in [-0.2, -0.15) is 0 Å². The minimum atomic E-state index is -1.18. The average molecular weight is 274 g/mol. The zero-order valence-electron chi connectivity index (χ0n) is 10.8. The van der Waals surface area contributed by atoms with Crippen molar-refractivity contribution >= 4 is 17.8 Å². The summed E-state index contributed by atoms with van der Waals surface area (Å²) < 4.78 is 4.88. The second kappa shape index (κ2) is 9.29. The smallest absolute Gasteiger partial charge is 0.323 e. The number of ether oxygens (including phenoxy) is 1. The number of amides is 2. The average Bonchev–Trinajstić information content (AvgIpc) is 2.33. The van der Waals surface area contributed by atoms with Gasteiger partial charge in [0.25, 0.3) is 5.91 Å². The van der Waals surface area contributed by atoms with Crippen LogP contribution in [0, 0.1) is 0 Å². The molecule has 0 fully saturated rings. The van der Waals surface area contributed by atoms with Gasteiger partial charge in [-0.1, -0.05) is 6.42 Å². The highest BCUT2D eigenvalue weighted by Gasteiger charge is 2.24. The van der Waals surface area contributed by atoms with E-state index in [-0.39, 0.29) is 12.8 Å². The molecule has 0 saturated heterocycles. The van der Waals surface area contributed by atoms with Crippen LogP contribution < -0.4 is 22.9 Å². The standard InChI is InChI=1S/C11H22N4O4/c12-6-2-1-3-7(13)11(18)19-8(10(15)17)4-5-9(14)16/h7-8H,1-6,12-13H2,(H2,14,16)(H2,15,17). The van der Waals surface area contributed by atoms with Crippen LogP contribution in [0.5, 0.6) is 0 Å². The molecular weight excluding hydrogens is 252 g/mol. The lowest BCUT2D eigenvalue weighted by molar-refractivity contribution is -0.157. The third kappa shape index (κ3) is 8.11. The van der Waals surface area contributed by atoms with E-state index < -0.39 is 29.9 Å². The fraction of sp³-hybridized carbons (Fsp3) is 0.727. The number of unbranched alkanes of at least 4 members (excludes halogenated alkanes) is 1. The lowest BCUT2D eigenvalue weighted by Crippen LogP contribution is -2.40. The molecule has 0 aromatic carbocycles. The molecule has 0 aliphatic heterocycles. The van der Waals surface area contributed by atoms with Crippen molar-refractivity contribution in [1.29, 1.82) is 0 Å². The van der Waals surface area contributed by atoms with Gasteiger partial charge < -0.3 is 27.7 Å². The molecule has 0 saturated carbocycles. The Hall–Kier alpha value is -1.67. The second-order valence-electron chi connectivity index (χ2n) is 4.22. The monoisotopic (exact) mass is 274 g/mol. The van der Waals surface area contributed by atoms with Gasteiger partial charge in [0.1, 0.15) is 6.04 Å². The Bertz CT molecular complexity index is 322. The maximum absolute atomic E-state index is 11.6. The number of nitrogens with two attached hydrogens (primary N) is 4. The Kier molecular flexibility index (Phi) is 8.47. The van der Waals surface area contributed by atoms with Crippen LogP contribution in [-0.4, -0.2) is 36.5 Å². The van der Waals surface area contributed by atoms with E-state index in [1.165, 1.54) is 0 Å². The first-order valence-corrected chi connectivity index (χ1v) is 6.12. The summed E-state index contributed by atoms with van der Waals surface area (Å²) in [5, 5.41) is 0. The van der Waals surface area contributed by atoms with Crippen molar-refractivity contribution in [3.05, 3.63) is 0 Å². The number of carbonyl (C=O) groups excluding carboxylic acids is 3. The molecule has 8 N–H and O–H groups in total. The van der Waals surface area contributed by atoms with Crippen molar-refractivity contribution in [2.75, 3.05) is 6.54 Å². The van der Waals surface area contributed by atoms with Crippen LogP contribution in [0.3, 0.4) is 0 Å². The van der Waals surface area contributed by atoms with E-state index in [1.807, 2.05) is 0 Å². The van der Waals surface area contributed by atoms with Crippen molar-refractivity contribution < 1.29 is 19.1 Å². The Morgan fingerprint density at radius 2 is 1.68 bits per heavy atom. The van der Waals surface area contributed by atoms with E-state index in [2.05, 4.69) is 0 Å². The Labute approximate surface area is 111 Å². The highest BCUT2D eigenvalue weighted by atomic mass is 16.5. The summed E-state index contributed by atoms with van der Waals surface area (Å²) in [7, 11) is 0. The molecule has 0 aromatic rings.